The standard InChI is InChI=1S/C11H6F6O3/c12-10(13,14)9(11(15,16)17)19-7(8(18)20-9)6-4-2-1-3-5-6/h1-5,7H/t7-/m1/s1. The molecule has 0 aliphatic carbocycles. The van der Waals surface area contributed by atoms with E-state index in [0.29, 0.717) is 0 Å². The van der Waals surface area contributed by atoms with E-state index in [1.165, 1.54) is 18.2 Å². The first-order valence-electron chi connectivity index (χ1n) is 5.17. The van der Waals surface area contributed by atoms with Crippen molar-refractivity contribution in [3.63, 3.8) is 0 Å². The van der Waals surface area contributed by atoms with Crippen molar-refractivity contribution in [3.8, 4) is 0 Å². The summed E-state index contributed by atoms with van der Waals surface area (Å²) in [6.45, 7) is 0. The zero-order valence-corrected chi connectivity index (χ0v) is 9.46. The molecule has 1 aromatic rings. The van der Waals surface area contributed by atoms with Crippen molar-refractivity contribution in [1.82, 2.24) is 0 Å². The van der Waals surface area contributed by atoms with E-state index < -0.39 is 30.2 Å². The number of hydrogen-bond donors (Lipinski definition) is 0. The number of carbonyl (C=O) groups excluding carboxylic acids is 1. The van der Waals surface area contributed by atoms with Crippen LogP contribution in [0.5, 0.6) is 0 Å². The van der Waals surface area contributed by atoms with Gasteiger partial charge in [-0.1, -0.05) is 30.3 Å². The maximum absolute atomic E-state index is 12.7. The Balaban J connectivity index is 2.44. The lowest BCUT2D eigenvalue weighted by Crippen LogP contribution is -2.58. The van der Waals surface area contributed by atoms with Crippen molar-refractivity contribution in [3.05, 3.63) is 35.9 Å². The molecule has 20 heavy (non-hydrogen) atoms. The van der Waals surface area contributed by atoms with E-state index in [-0.39, 0.29) is 5.56 Å². The van der Waals surface area contributed by atoms with E-state index in [9.17, 15) is 31.1 Å². The Morgan fingerprint density at radius 3 is 1.85 bits per heavy atom. The van der Waals surface area contributed by atoms with Crippen LogP contribution in [-0.4, -0.2) is 24.1 Å². The number of esters is 1. The van der Waals surface area contributed by atoms with Gasteiger partial charge < -0.3 is 9.47 Å². The Kier molecular flexibility index (Phi) is 3.20. The molecule has 0 unspecified atom stereocenters. The topological polar surface area (TPSA) is 35.5 Å². The van der Waals surface area contributed by atoms with Gasteiger partial charge in [-0.15, -0.1) is 0 Å². The smallest absolute Gasteiger partial charge is 0.413 e. The number of ether oxygens (including phenoxy) is 2. The molecule has 0 bridgehead atoms. The number of benzene rings is 1. The highest BCUT2D eigenvalue weighted by Gasteiger charge is 2.80. The maximum atomic E-state index is 12.7. The van der Waals surface area contributed by atoms with Gasteiger partial charge in [-0.05, 0) is 5.56 Å². The fraction of sp³-hybridized carbons (Fsp3) is 0.364. The third kappa shape index (κ3) is 2.11. The summed E-state index contributed by atoms with van der Waals surface area (Å²) >= 11 is 0. The van der Waals surface area contributed by atoms with Crippen LogP contribution >= 0.6 is 0 Å². The van der Waals surface area contributed by atoms with Gasteiger partial charge in [0, 0.05) is 0 Å². The summed E-state index contributed by atoms with van der Waals surface area (Å²) in [5, 5.41) is 0. The lowest BCUT2D eigenvalue weighted by molar-refractivity contribution is -0.439. The molecule has 0 amide bonds. The minimum Gasteiger partial charge on any atom is -0.413 e. The SMILES string of the molecule is O=C1OC(C(F)(F)F)(C(F)(F)F)O[C@@H]1c1ccccc1. The first-order valence-corrected chi connectivity index (χ1v) is 5.17. The molecule has 1 saturated heterocycles. The van der Waals surface area contributed by atoms with E-state index in [0.717, 1.165) is 12.1 Å². The average molecular weight is 300 g/mol. The van der Waals surface area contributed by atoms with Crippen LogP contribution in [0.15, 0.2) is 30.3 Å². The predicted molar refractivity (Wildman–Crippen MR) is 51.2 cm³/mol. The second kappa shape index (κ2) is 4.37. The van der Waals surface area contributed by atoms with Crippen molar-refractivity contribution in [2.24, 2.45) is 0 Å². The van der Waals surface area contributed by atoms with Crippen molar-refractivity contribution >= 4 is 5.97 Å². The van der Waals surface area contributed by atoms with Gasteiger partial charge in [0.25, 0.3) is 0 Å². The molecule has 1 aromatic carbocycles. The first-order chi connectivity index (χ1) is 9.08. The van der Waals surface area contributed by atoms with Crippen LogP contribution in [-0.2, 0) is 14.3 Å². The van der Waals surface area contributed by atoms with Crippen LogP contribution in [0.4, 0.5) is 26.3 Å². The monoisotopic (exact) mass is 300 g/mol. The Bertz CT molecular complexity index is 493. The maximum Gasteiger partial charge on any atom is 0.465 e. The van der Waals surface area contributed by atoms with Gasteiger partial charge in [-0.2, -0.15) is 26.3 Å². The minimum atomic E-state index is -5.94. The summed E-state index contributed by atoms with van der Waals surface area (Å²) in [5.74, 6) is -6.68. The molecule has 110 valence electrons. The molecule has 2 rings (SSSR count). The van der Waals surface area contributed by atoms with E-state index in [1.807, 2.05) is 0 Å². The first kappa shape index (κ1) is 14.6. The summed E-state index contributed by atoms with van der Waals surface area (Å²) in [6.07, 6.45) is -14.0. The molecule has 1 fully saturated rings. The van der Waals surface area contributed by atoms with Crippen LogP contribution < -0.4 is 0 Å². The second-order valence-electron chi connectivity index (χ2n) is 3.94. The highest BCUT2D eigenvalue weighted by atomic mass is 19.4. The Labute approximate surface area is 108 Å². The van der Waals surface area contributed by atoms with E-state index in [1.54, 1.807) is 0 Å². The van der Waals surface area contributed by atoms with Gasteiger partial charge in [-0.3, -0.25) is 0 Å². The summed E-state index contributed by atoms with van der Waals surface area (Å²) in [5.41, 5.74) is -0.159. The number of hydrogen-bond acceptors (Lipinski definition) is 3. The normalized spacial score (nSPS) is 22.7. The number of cyclic esters (lactones) is 1. The fourth-order valence-electron chi connectivity index (χ4n) is 1.68. The average Bonchev–Trinajstić information content (AvgIpc) is 2.68. The minimum absolute atomic E-state index is 0.159. The molecule has 0 radical (unpaired) electrons. The van der Waals surface area contributed by atoms with Gasteiger partial charge in [0.15, 0.2) is 6.10 Å². The van der Waals surface area contributed by atoms with Gasteiger partial charge in [0.1, 0.15) is 0 Å². The highest BCUT2D eigenvalue weighted by Crippen LogP contribution is 2.53. The lowest BCUT2D eigenvalue weighted by atomic mass is 10.1. The highest BCUT2D eigenvalue weighted by molar-refractivity contribution is 5.78. The van der Waals surface area contributed by atoms with Crippen molar-refractivity contribution < 1.29 is 40.6 Å². The second-order valence-corrected chi connectivity index (χ2v) is 3.94. The molecule has 9 heteroatoms. The zero-order valence-electron chi connectivity index (χ0n) is 9.46. The van der Waals surface area contributed by atoms with Crippen LogP contribution in [0.2, 0.25) is 0 Å². The number of carbonyl (C=O) groups is 1. The predicted octanol–water partition coefficient (Wildman–Crippen LogP) is 3.12. The Morgan fingerprint density at radius 2 is 1.45 bits per heavy atom. The molecule has 3 nitrogen and oxygen atoms in total. The molecular weight excluding hydrogens is 294 g/mol. The van der Waals surface area contributed by atoms with Gasteiger partial charge in [0.2, 0.25) is 0 Å². The Hall–Kier alpha value is -1.77. The summed E-state index contributed by atoms with van der Waals surface area (Å²) in [7, 11) is 0. The summed E-state index contributed by atoms with van der Waals surface area (Å²) in [6, 6.07) is 6.48. The zero-order chi connectivity index (χ0) is 15.2. The summed E-state index contributed by atoms with van der Waals surface area (Å²) < 4.78 is 83.4. The largest absolute Gasteiger partial charge is 0.465 e. The van der Waals surface area contributed by atoms with E-state index >= 15 is 0 Å². The molecular formula is C11H6F6O3. The number of halogens is 6. The third-order valence-electron chi connectivity index (χ3n) is 2.59. The molecule has 1 heterocycles. The molecule has 0 spiro atoms. The van der Waals surface area contributed by atoms with Gasteiger partial charge >= 0.3 is 24.1 Å². The molecule has 1 aliphatic heterocycles. The van der Waals surface area contributed by atoms with Crippen LogP contribution in [0.1, 0.15) is 11.7 Å². The van der Waals surface area contributed by atoms with E-state index in [4.69, 9.17) is 0 Å². The number of rotatable bonds is 1. The molecule has 0 saturated carbocycles. The van der Waals surface area contributed by atoms with Crippen LogP contribution in [0, 0.1) is 0 Å². The van der Waals surface area contributed by atoms with Crippen molar-refractivity contribution in [1.29, 1.82) is 0 Å². The molecule has 1 aliphatic rings. The van der Waals surface area contributed by atoms with E-state index in [2.05, 4.69) is 9.47 Å². The van der Waals surface area contributed by atoms with Crippen molar-refractivity contribution in [2.45, 2.75) is 24.2 Å². The quantitative estimate of drug-likeness (QED) is 0.590. The number of alkyl halides is 6. The van der Waals surface area contributed by atoms with Crippen molar-refractivity contribution in [2.75, 3.05) is 0 Å². The summed E-state index contributed by atoms with van der Waals surface area (Å²) in [4.78, 5) is 11.3. The molecule has 0 N–H and O–H groups in total. The third-order valence-corrected chi connectivity index (χ3v) is 2.59. The molecule has 0 aromatic heterocycles. The van der Waals surface area contributed by atoms with Crippen LogP contribution in [0.3, 0.4) is 0 Å². The fourth-order valence-corrected chi connectivity index (χ4v) is 1.68. The molecule has 1 atom stereocenters. The van der Waals surface area contributed by atoms with Gasteiger partial charge in [0.05, 0.1) is 0 Å². The lowest BCUT2D eigenvalue weighted by Gasteiger charge is -2.30. The Morgan fingerprint density at radius 1 is 0.950 bits per heavy atom. The van der Waals surface area contributed by atoms with Gasteiger partial charge in [-0.25, -0.2) is 4.79 Å². The van der Waals surface area contributed by atoms with Crippen LogP contribution in [0.25, 0.3) is 0 Å².